The van der Waals surface area contributed by atoms with E-state index in [0.29, 0.717) is 18.1 Å². The molecule has 0 bridgehead atoms. The van der Waals surface area contributed by atoms with Crippen molar-refractivity contribution in [3.05, 3.63) is 0 Å². The summed E-state index contributed by atoms with van der Waals surface area (Å²) >= 11 is 0. The van der Waals surface area contributed by atoms with E-state index in [4.69, 9.17) is 9.47 Å². The number of morpholine rings is 1. The molecule has 3 nitrogen and oxygen atoms in total. The quantitative estimate of drug-likeness (QED) is 0.690. The predicted octanol–water partition coefficient (Wildman–Crippen LogP) is 0.790. The lowest BCUT2D eigenvalue weighted by atomic mass is 10.00. The van der Waals surface area contributed by atoms with Gasteiger partial charge in [0.25, 0.3) is 0 Å². The van der Waals surface area contributed by atoms with E-state index in [1.165, 1.54) is 6.42 Å². The van der Waals surface area contributed by atoms with Crippen LogP contribution in [0.3, 0.4) is 0 Å². The van der Waals surface area contributed by atoms with Crippen molar-refractivity contribution in [2.24, 2.45) is 5.92 Å². The summed E-state index contributed by atoms with van der Waals surface area (Å²) < 4.78 is 11.3. The second kappa shape index (κ2) is 4.40. The molecule has 0 amide bonds. The highest BCUT2D eigenvalue weighted by molar-refractivity contribution is 4.81. The van der Waals surface area contributed by atoms with Gasteiger partial charge in [-0.2, -0.15) is 0 Å². The van der Waals surface area contributed by atoms with Gasteiger partial charge in [0.05, 0.1) is 18.8 Å². The van der Waals surface area contributed by atoms with Crippen molar-refractivity contribution in [3.63, 3.8) is 0 Å². The summed E-state index contributed by atoms with van der Waals surface area (Å²) in [4.78, 5) is 0. The molecule has 2 rings (SSSR count). The molecule has 3 atom stereocenters. The fraction of sp³-hybridized carbons (Fsp3) is 1.00. The molecule has 0 aromatic heterocycles. The molecule has 3 unspecified atom stereocenters. The van der Waals surface area contributed by atoms with Crippen molar-refractivity contribution in [1.29, 1.82) is 0 Å². The van der Waals surface area contributed by atoms with Crippen molar-refractivity contribution < 1.29 is 9.47 Å². The van der Waals surface area contributed by atoms with Gasteiger partial charge < -0.3 is 14.8 Å². The Kier molecular flexibility index (Phi) is 3.19. The third kappa shape index (κ3) is 2.22. The summed E-state index contributed by atoms with van der Waals surface area (Å²) in [6, 6.07) is 0. The van der Waals surface area contributed by atoms with E-state index >= 15 is 0 Å². The van der Waals surface area contributed by atoms with Gasteiger partial charge in [0.1, 0.15) is 0 Å². The molecule has 0 spiro atoms. The second-order valence-corrected chi connectivity index (χ2v) is 3.99. The third-order valence-electron chi connectivity index (χ3n) is 3.03. The summed E-state index contributed by atoms with van der Waals surface area (Å²) in [6.45, 7) is 6.01. The van der Waals surface area contributed by atoms with Crippen LogP contribution in [0.5, 0.6) is 0 Å². The largest absolute Gasteiger partial charge is 0.381 e. The van der Waals surface area contributed by atoms with Crippen LogP contribution in [0.2, 0.25) is 0 Å². The van der Waals surface area contributed by atoms with E-state index in [1.807, 2.05) is 0 Å². The Labute approximate surface area is 79.8 Å². The second-order valence-electron chi connectivity index (χ2n) is 3.99. The molecule has 76 valence electrons. The number of rotatable bonds is 2. The van der Waals surface area contributed by atoms with Crippen molar-refractivity contribution in [3.8, 4) is 0 Å². The zero-order valence-corrected chi connectivity index (χ0v) is 8.29. The van der Waals surface area contributed by atoms with Gasteiger partial charge in [0, 0.05) is 25.6 Å². The molecule has 2 heterocycles. The van der Waals surface area contributed by atoms with Crippen LogP contribution in [0.25, 0.3) is 0 Å². The lowest BCUT2D eigenvalue weighted by Gasteiger charge is -2.33. The predicted molar refractivity (Wildman–Crippen MR) is 50.7 cm³/mol. The van der Waals surface area contributed by atoms with Crippen LogP contribution in [-0.2, 0) is 9.47 Å². The maximum Gasteiger partial charge on any atom is 0.0754 e. The van der Waals surface area contributed by atoms with Gasteiger partial charge in [-0.1, -0.05) is 6.92 Å². The Balaban J connectivity index is 1.84. The minimum Gasteiger partial charge on any atom is -0.381 e. The zero-order chi connectivity index (χ0) is 9.10. The van der Waals surface area contributed by atoms with Crippen LogP contribution in [0.1, 0.15) is 19.8 Å². The van der Waals surface area contributed by atoms with Gasteiger partial charge in [-0.15, -0.1) is 0 Å². The van der Waals surface area contributed by atoms with Gasteiger partial charge in [0.15, 0.2) is 0 Å². The molecule has 2 saturated heterocycles. The van der Waals surface area contributed by atoms with Crippen LogP contribution >= 0.6 is 0 Å². The summed E-state index contributed by atoms with van der Waals surface area (Å²) in [6.07, 6.45) is 3.08. The summed E-state index contributed by atoms with van der Waals surface area (Å²) in [5.74, 6) is 0.627. The van der Waals surface area contributed by atoms with E-state index in [1.54, 1.807) is 0 Å². The van der Waals surface area contributed by atoms with E-state index < -0.39 is 0 Å². The summed E-state index contributed by atoms with van der Waals surface area (Å²) in [5, 5.41) is 3.43. The molecule has 0 aliphatic carbocycles. The Morgan fingerprint density at radius 1 is 1.38 bits per heavy atom. The molecule has 0 aromatic rings. The Hall–Kier alpha value is -0.120. The molecular formula is C10H19NO2. The molecular weight excluding hydrogens is 166 g/mol. The average Bonchev–Trinajstić information content (AvgIpc) is 2.71. The number of hydrogen-bond donors (Lipinski definition) is 1. The Bertz CT molecular complexity index is 157. The van der Waals surface area contributed by atoms with Crippen LogP contribution < -0.4 is 5.32 Å². The maximum absolute atomic E-state index is 5.98. The van der Waals surface area contributed by atoms with Crippen LogP contribution in [-0.4, -0.2) is 38.5 Å². The highest BCUT2D eigenvalue weighted by Gasteiger charge is 2.30. The normalized spacial score (nSPS) is 40.8. The highest BCUT2D eigenvalue weighted by Crippen LogP contribution is 2.22. The van der Waals surface area contributed by atoms with Crippen LogP contribution in [0.4, 0.5) is 0 Å². The summed E-state index contributed by atoms with van der Waals surface area (Å²) in [7, 11) is 0. The smallest absolute Gasteiger partial charge is 0.0754 e. The molecule has 2 aliphatic heterocycles. The van der Waals surface area contributed by atoms with Crippen molar-refractivity contribution in [2.75, 3.05) is 26.3 Å². The molecule has 13 heavy (non-hydrogen) atoms. The molecule has 3 heteroatoms. The Morgan fingerprint density at radius 3 is 3.00 bits per heavy atom. The molecule has 2 aliphatic rings. The average molecular weight is 185 g/mol. The van der Waals surface area contributed by atoms with Crippen molar-refractivity contribution >= 4 is 0 Å². The maximum atomic E-state index is 5.98. The first-order valence-electron chi connectivity index (χ1n) is 5.34. The number of nitrogens with one attached hydrogen (secondary N) is 1. The minimum absolute atomic E-state index is 0.390. The monoisotopic (exact) mass is 185 g/mol. The van der Waals surface area contributed by atoms with E-state index in [2.05, 4.69) is 12.2 Å². The van der Waals surface area contributed by atoms with Gasteiger partial charge in [0.2, 0.25) is 0 Å². The zero-order valence-electron chi connectivity index (χ0n) is 8.29. The molecule has 0 radical (unpaired) electrons. The highest BCUT2D eigenvalue weighted by atomic mass is 16.5. The van der Waals surface area contributed by atoms with Crippen molar-refractivity contribution in [1.82, 2.24) is 5.32 Å². The van der Waals surface area contributed by atoms with Crippen LogP contribution in [0, 0.1) is 5.92 Å². The third-order valence-corrected chi connectivity index (χ3v) is 3.03. The molecule has 0 saturated carbocycles. The first-order chi connectivity index (χ1) is 6.40. The first kappa shape index (κ1) is 9.44. The fourth-order valence-electron chi connectivity index (χ4n) is 2.09. The van der Waals surface area contributed by atoms with E-state index in [9.17, 15) is 0 Å². The topological polar surface area (TPSA) is 30.5 Å². The lowest BCUT2D eigenvalue weighted by molar-refractivity contribution is -0.0669. The van der Waals surface area contributed by atoms with Crippen LogP contribution in [0.15, 0.2) is 0 Å². The van der Waals surface area contributed by atoms with E-state index in [0.717, 1.165) is 32.7 Å². The lowest BCUT2D eigenvalue weighted by Crippen LogP contribution is -2.47. The Morgan fingerprint density at radius 2 is 2.31 bits per heavy atom. The van der Waals surface area contributed by atoms with Gasteiger partial charge in [-0.25, -0.2) is 0 Å². The standard InChI is InChI=1S/C10H19NO2/c1-2-9-5-11-6-10(13-9)8-3-4-12-7-8/h8-11H,2-7H2,1H3. The first-order valence-corrected chi connectivity index (χ1v) is 5.34. The molecule has 2 fully saturated rings. The number of ether oxygens (including phenoxy) is 2. The minimum atomic E-state index is 0.390. The SMILES string of the molecule is CCC1CNCC(C2CCOC2)O1. The molecule has 1 N–H and O–H groups in total. The van der Waals surface area contributed by atoms with Gasteiger partial charge in [-0.3, -0.25) is 0 Å². The van der Waals surface area contributed by atoms with Gasteiger partial charge >= 0.3 is 0 Å². The van der Waals surface area contributed by atoms with E-state index in [-0.39, 0.29) is 0 Å². The van der Waals surface area contributed by atoms with Crippen molar-refractivity contribution in [2.45, 2.75) is 32.0 Å². The fourth-order valence-corrected chi connectivity index (χ4v) is 2.09. The number of hydrogen-bond acceptors (Lipinski definition) is 3. The summed E-state index contributed by atoms with van der Waals surface area (Å²) in [5.41, 5.74) is 0. The molecule has 0 aromatic carbocycles. The van der Waals surface area contributed by atoms with Gasteiger partial charge in [-0.05, 0) is 12.8 Å².